The van der Waals surface area contributed by atoms with Crippen LogP contribution < -0.4 is 19.5 Å². The van der Waals surface area contributed by atoms with E-state index < -0.39 is 6.10 Å². The van der Waals surface area contributed by atoms with E-state index in [4.69, 9.17) is 14.2 Å². The molecule has 0 unspecified atom stereocenters. The number of nitrogens with one attached hydrogen (secondary N) is 1. The van der Waals surface area contributed by atoms with E-state index in [1.807, 2.05) is 42.5 Å². The first-order chi connectivity index (χ1) is 13.8. The van der Waals surface area contributed by atoms with Gasteiger partial charge in [-0.1, -0.05) is 30.3 Å². The molecule has 0 aromatic heterocycles. The van der Waals surface area contributed by atoms with Gasteiger partial charge in [-0.25, -0.2) is 0 Å². The molecule has 0 spiro atoms. The number of methoxy groups -OCH3 is 1. The van der Waals surface area contributed by atoms with Crippen molar-refractivity contribution in [1.82, 2.24) is 10.2 Å². The molecule has 4 rings (SSSR count). The highest BCUT2D eigenvalue weighted by Crippen LogP contribution is 2.32. The summed E-state index contributed by atoms with van der Waals surface area (Å²) in [5.41, 5.74) is 1.10. The second-order valence-corrected chi connectivity index (χ2v) is 7.11. The van der Waals surface area contributed by atoms with Gasteiger partial charge in [-0.2, -0.15) is 0 Å². The number of fused-ring (bicyclic) bond motifs is 1. The van der Waals surface area contributed by atoms with Crippen molar-refractivity contribution in [2.45, 2.75) is 25.0 Å². The van der Waals surface area contributed by atoms with Crippen molar-refractivity contribution < 1.29 is 19.0 Å². The summed E-state index contributed by atoms with van der Waals surface area (Å²) in [5.74, 6) is 1.97. The fourth-order valence-electron chi connectivity index (χ4n) is 3.89. The Morgan fingerprint density at radius 3 is 2.64 bits per heavy atom. The Labute approximate surface area is 165 Å². The average molecular weight is 382 g/mol. The van der Waals surface area contributed by atoms with E-state index in [2.05, 4.69) is 16.3 Å². The summed E-state index contributed by atoms with van der Waals surface area (Å²) < 4.78 is 17.1. The molecule has 2 aromatic rings. The number of amides is 1. The van der Waals surface area contributed by atoms with Crippen molar-refractivity contribution in [2.24, 2.45) is 0 Å². The second-order valence-electron chi connectivity index (χ2n) is 7.11. The summed E-state index contributed by atoms with van der Waals surface area (Å²) in [4.78, 5) is 15.2. The molecule has 0 saturated carbocycles. The first-order valence-electron chi connectivity index (χ1n) is 9.79. The lowest BCUT2D eigenvalue weighted by molar-refractivity contribution is -0.130. The van der Waals surface area contributed by atoms with Gasteiger partial charge in [0, 0.05) is 12.1 Å². The molecule has 28 heavy (non-hydrogen) atoms. The number of ether oxygens (including phenoxy) is 3. The van der Waals surface area contributed by atoms with Gasteiger partial charge in [0.2, 0.25) is 6.10 Å². The number of hydrogen-bond donors (Lipinski definition) is 1. The molecule has 2 aliphatic rings. The summed E-state index contributed by atoms with van der Waals surface area (Å²) in [6, 6.07) is 15.5. The maximum Gasteiger partial charge on any atom is 0.264 e. The molecule has 1 fully saturated rings. The van der Waals surface area contributed by atoms with Crippen LogP contribution in [0.5, 0.6) is 17.2 Å². The smallest absolute Gasteiger partial charge is 0.264 e. The van der Waals surface area contributed by atoms with E-state index >= 15 is 0 Å². The number of carbonyl (C=O) groups is 1. The third-order valence-corrected chi connectivity index (χ3v) is 5.35. The van der Waals surface area contributed by atoms with Crippen molar-refractivity contribution in [3.05, 3.63) is 54.1 Å². The molecule has 1 amide bonds. The molecule has 6 heteroatoms. The molecule has 2 aliphatic heterocycles. The molecule has 1 N–H and O–H groups in total. The average Bonchev–Trinajstić information content (AvgIpc) is 3.28. The molecule has 2 aromatic carbocycles. The predicted molar refractivity (Wildman–Crippen MR) is 106 cm³/mol. The molecule has 0 bridgehead atoms. The van der Waals surface area contributed by atoms with Crippen LogP contribution in [0.4, 0.5) is 0 Å². The second kappa shape index (κ2) is 8.52. The first kappa shape index (κ1) is 18.6. The van der Waals surface area contributed by atoms with Gasteiger partial charge in [-0.15, -0.1) is 0 Å². The van der Waals surface area contributed by atoms with Crippen molar-refractivity contribution >= 4 is 5.91 Å². The highest BCUT2D eigenvalue weighted by Gasteiger charge is 2.30. The van der Waals surface area contributed by atoms with Gasteiger partial charge in [0.1, 0.15) is 12.4 Å². The van der Waals surface area contributed by atoms with Crippen LogP contribution in [0.15, 0.2) is 48.5 Å². The summed E-state index contributed by atoms with van der Waals surface area (Å²) >= 11 is 0. The molecule has 1 saturated heterocycles. The minimum atomic E-state index is -0.646. The van der Waals surface area contributed by atoms with Crippen molar-refractivity contribution in [3.63, 3.8) is 0 Å². The van der Waals surface area contributed by atoms with Crippen LogP contribution in [0.25, 0.3) is 0 Å². The minimum Gasteiger partial charge on any atom is -0.496 e. The monoisotopic (exact) mass is 382 g/mol. The Bertz CT molecular complexity index is 820. The number of benzene rings is 2. The maximum absolute atomic E-state index is 12.7. The highest BCUT2D eigenvalue weighted by molar-refractivity contribution is 5.81. The van der Waals surface area contributed by atoms with E-state index in [1.165, 1.54) is 12.8 Å². The van der Waals surface area contributed by atoms with Crippen LogP contribution in [0.2, 0.25) is 0 Å². The Morgan fingerprint density at radius 2 is 1.86 bits per heavy atom. The number of nitrogens with zero attached hydrogens (tertiary/aromatic N) is 1. The fraction of sp³-hybridized carbons (Fsp3) is 0.409. The SMILES string of the molecule is COc1ccccc1[C@@H](CNC(=O)[C@H]1COc2ccccc2O1)N1CCCC1. The van der Waals surface area contributed by atoms with Crippen molar-refractivity contribution in [3.8, 4) is 17.2 Å². The Balaban J connectivity index is 1.45. The van der Waals surface area contributed by atoms with Gasteiger partial charge < -0.3 is 19.5 Å². The predicted octanol–water partition coefficient (Wildman–Crippen LogP) is 2.79. The van der Waals surface area contributed by atoms with Crippen LogP contribution in [-0.4, -0.2) is 50.3 Å². The third kappa shape index (κ3) is 3.92. The number of likely N-dealkylation sites (tertiary alicyclic amines) is 1. The molecule has 2 atom stereocenters. The van der Waals surface area contributed by atoms with E-state index in [1.54, 1.807) is 7.11 Å². The molecule has 2 heterocycles. The zero-order chi connectivity index (χ0) is 19.3. The van der Waals surface area contributed by atoms with Gasteiger partial charge in [0.25, 0.3) is 5.91 Å². The molecular formula is C22H26N2O4. The molecule has 6 nitrogen and oxygen atoms in total. The van der Waals surface area contributed by atoms with Gasteiger partial charge in [0.15, 0.2) is 11.5 Å². The van der Waals surface area contributed by atoms with Crippen LogP contribution in [-0.2, 0) is 4.79 Å². The highest BCUT2D eigenvalue weighted by atomic mass is 16.6. The normalized spacial score (nSPS) is 19.8. The van der Waals surface area contributed by atoms with Crippen LogP contribution in [0.3, 0.4) is 0 Å². The molecule has 0 aliphatic carbocycles. The number of rotatable bonds is 6. The largest absolute Gasteiger partial charge is 0.496 e. The van der Waals surface area contributed by atoms with E-state index in [0.29, 0.717) is 18.0 Å². The lowest BCUT2D eigenvalue weighted by Gasteiger charge is -2.30. The number of hydrogen-bond acceptors (Lipinski definition) is 5. The van der Waals surface area contributed by atoms with E-state index in [9.17, 15) is 4.79 Å². The summed E-state index contributed by atoms with van der Waals surface area (Å²) in [6.07, 6.45) is 1.71. The van der Waals surface area contributed by atoms with Gasteiger partial charge >= 0.3 is 0 Å². The van der Waals surface area contributed by atoms with Gasteiger partial charge in [-0.3, -0.25) is 9.69 Å². The molecule has 0 radical (unpaired) electrons. The lowest BCUT2D eigenvalue weighted by Crippen LogP contribution is -2.46. The van der Waals surface area contributed by atoms with Crippen molar-refractivity contribution in [2.75, 3.05) is 33.4 Å². The van der Waals surface area contributed by atoms with Crippen LogP contribution in [0.1, 0.15) is 24.4 Å². The maximum atomic E-state index is 12.7. The van der Waals surface area contributed by atoms with Crippen LogP contribution in [0, 0.1) is 0 Å². The van der Waals surface area contributed by atoms with E-state index in [0.717, 1.165) is 24.4 Å². The quantitative estimate of drug-likeness (QED) is 0.833. The summed E-state index contributed by atoms with van der Waals surface area (Å²) in [5, 5.41) is 3.07. The van der Waals surface area contributed by atoms with E-state index in [-0.39, 0.29) is 18.6 Å². The van der Waals surface area contributed by atoms with Gasteiger partial charge in [0.05, 0.1) is 13.2 Å². The Hall–Kier alpha value is -2.73. The minimum absolute atomic E-state index is 0.0689. The molecular weight excluding hydrogens is 356 g/mol. The van der Waals surface area contributed by atoms with Gasteiger partial charge in [-0.05, 0) is 44.1 Å². The third-order valence-electron chi connectivity index (χ3n) is 5.35. The number of carbonyl (C=O) groups excluding carboxylic acids is 1. The zero-order valence-electron chi connectivity index (χ0n) is 16.1. The number of para-hydroxylation sites is 3. The Morgan fingerprint density at radius 1 is 1.14 bits per heavy atom. The standard InChI is InChI=1S/C22H26N2O4/c1-26-18-9-3-2-8-16(18)17(24-12-6-7-13-24)14-23-22(25)21-15-27-19-10-4-5-11-20(19)28-21/h2-5,8-11,17,21H,6-7,12-15H2,1H3,(H,23,25)/t17-,21-/m1/s1. The van der Waals surface area contributed by atoms with Crippen LogP contribution >= 0.6 is 0 Å². The Kier molecular flexibility index (Phi) is 5.67. The van der Waals surface area contributed by atoms with Crippen molar-refractivity contribution in [1.29, 1.82) is 0 Å². The zero-order valence-corrected chi connectivity index (χ0v) is 16.1. The first-order valence-corrected chi connectivity index (χ1v) is 9.79. The fourth-order valence-corrected chi connectivity index (χ4v) is 3.89. The summed E-state index contributed by atoms with van der Waals surface area (Å²) in [7, 11) is 1.68. The summed E-state index contributed by atoms with van der Waals surface area (Å²) in [6.45, 7) is 2.76. The topological polar surface area (TPSA) is 60.0 Å². The lowest BCUT2D eigenvalue weighted by atomic mass is 10.0. The molecule has 148 valence electrons.